The Hall–Kier alpha value is -4.13. The minimum Gasteiger partial charge on any atom is -0.489 e. The number of benzene rings is 2. The van der Waals surface area contributed by atoms with Gasteiger partial charge in [-0.05, 0) is 54.4 Å². The van der Waals surface area contributed by atoms with Gasteiger partial charge in [-0.25, -0.2) is 14.6 Å². The molecule has 7 nitrogen and oxygen atoms in total. The fourth-order valence-corrected chi connectivity index (χ4v) is 3.87. The fourth-order valence-electron chi connectivity index (χ4n) is 3.87. The lowest BCUT2D eigenvalue weighted by molar-refractivity contribution is -0.222. The van der Waals surface area contributed by atoms with Crippen molar-refractivity contribution in [3.05, 3.63) is 90.1 Å². The molecule has 1 aromatic heterocycles. The molecular weight excluding hydrogens is 408 g/mol. The maximum Gasteiger partial charge on any atom is 0.379 e. The number of aromatic nitrogens is 1. The highest BCUT2D eigenvalue weighted by Gasteiger charge is 2.44. The molecule has 0 amide bonds. The Morgan fingerprint density at radius 3 is 2.25 bits per heavy atom. The van der Waals surface area contributed by atoms with Gasteiger partial charge in [0.05, 0.1) is 11.4 Å². The van der Waals surface area contributed by atoms with Crippen LogP contribution in [0, 0.1) is 0 Å². The number of hydrogen-bond acceptors (Lipinski definition) is 6. The van der Waals surface area contributed by atoms with E-state index in [1.54, 1.807) is 6.92 Å². The quantitative estimate of drug-likeness (QED) is 0.590. The second-order valence-electron chi connectivity index (χ2n) is 7.57. The van der Waals surface area contributed by atoms with Crippen molar-refractivity contribution in [3.63, 3.8) is 0 Å². The van der Waals surface area contributed by atoms with Crippen LogP contribution in [-0.2, 0) is 32.2 Å². The van der Waals surface area contributed by atoms with Crippen LogP contribution in [-0.4, -0.2) is 28.1 Å². The van der Waals surface area contributed by atoms with Gasteiger partial charge in [0.1, 0.15) is 18.9 Å². The van der Waals surface area contributed by atoms with E-state index in [0.29, 0.717) is 12.3 Å². The highest BCUT2D eigenvalue weighted by atomic mass is 16.8. The first kappa shape index (κ1) is 19.8. The first-order chi connectivity index (χ1) is 15.5. The lowest BCUT2D eigenvalue weighted by atomic mass is 10.1. The van der Waals surface area contributed by atoms with E-state index in [1.165, 1.54) is 0 Å². The van der Waals surface area contributed by atoms with Crippen LogP contribution in [0.25, 0.3) is 11.3 Å². The van der Waals surface area contributed by atoms with E-state index in [0.717, 1.165) is 40.4 Å². The van der Waals surface area contributed by atoms with Crippen LogP contribution in [0.2, 0.25) is 0 Å². The molecule has 5 rings (SSSR count). The lowest BCUT2D eigenvalue weighted by Crippen LogP contribution is -2.44. The number of nitrogens with zero attached hydrogens (tertiary/aromatic N) is 2. The minimum absolute atomic E-state index is 0.0629. The summed E-state index contributed by atoms with van der Waals surface area (Å²) in [4.78, 5) is 28.4. The number of carbonyl (C=O) groups excluding carboxylic acids is 2. The van der Waals surface area contributed by atoms with Crippen molar-refractivity contribution in [2.45, 2.75) is 26.0 Å². The van der Waals surface area contributed by atoms with Gasteiger partial charge in [-0.1, -0.05) is 30.3 Å². The lowest BCUT2D eigenvalue weighted by Gasteiger charge is -2.32. The van der Waals surface area contributed by atoms with Crippen molar-refractivity contribution >= 4 is 17.7 Å². The standard InChI is InChI=1S/C25H20N2O5/c1-17-21-11-12-22(27(21)16-25(26-17)31-23(28)13-14-24(29)32-25)19-7-9-20(10-8-19)30-15-18-5-3-2-4-6-18/h2-14H,15-16H2,1H3. The molecule has 2 aromatic carbocycles. The third kappa shape index (κ3) is 3.80. The first-order valence-corrected chi connectivity index (χ1v) is 10.2. The summed E-state index contributed by atoms with van der Waals surface area (Å²) in [7, 11) is 0. The molecule has 7 heteroatoms. The van der Waals surface area contributed by atoms with E-state index >= 15 is 0 Å². The second kappa shape index (κ2) is 7.85. The molecule has 2 aliphatic heterocycles. The normalized spacial score (nSPS) is 16.6. The van der Waals surface area contributed by atoms with Crippen molar-refractivity contribution in [3.8, 4) is 17.0 Å². The summed E-state index contributed by atoms with van der Waals surface area (Å²) in [5.74, 6) is -2.31. The molecule has 0 saturated carbocycles. The molecule has 0 N–H and O–H groups in total. The minimum atomic E-state index is -1.72. The predicted molar refractivity (Wildman–Crippen MR) is 117 cm³/mol. The second-order valence-corrected chi connectivity index (χ2v) is 7.57. The smallest absolute Gasteiger partial charge is 0.379 e. The van der Waals surface area contributed by atoms with E-state index < -0.39 is 17.8 Å². The zero-order chi connectivity index (χ0) is 22.1. The Labute approximate surface area is 184 Å². The summed E-state index contributed by atoms with van der Waals surface area (Å²) in [6, 6.07) is 21.6. The van der Waals surface area contributed by atoms with E-state index in [1.807, 2.05) is 71.3 Å². The van der Waals surface area contributed by atoms with E-state index in [9.17, 15) is 9.59 Å². The topological polar surface area (TPSA) is 79.1 Å². The Balaban J connectivity index is 1.40. The average molecular weight is 428 g/mol. The summed E-state index contributed by atoms with van der Waals surface area (Å²) in [6.45, 7) is 2.34. The van der Waals surface area contributed by atoms with Gasteiger partial charge in [-0.15, -0.1) is 0 Å². The van der Waals surface area contributed by atoms with Crippen molar-refractivity contribution in [1.82, 2.24) is 4.57 Å². The largest absolute Gasteiger partial charge is 0.489 e. The molecular formula is C25H20N2O5. The van der Waals surface area contributed by atoms with E-state index in [4.69, 9.17) is 14.2 Å². The van der Waals surface area contributed by atoms with Crippen molar-refractivity contribution in [2.24, 2.45) is 4.99 Å². The molecule has 3 aromatic rings. The van der Waals surface area contributed by atoms with Gasteiger partial charge in [-0.3, -0.25) is 0 Å². The number of carbonyl (C=O) groups is 2. The van der Waals surface area contributed by atoms with Crippen LogP contribution in [0.4, 0.5) is 0 Å². The number of rotatable bonds is 4. The monoisotopic (exact) mass is 428 g/mol. The summed E-state index contributed by atoms with van der Waals surface area (Å²) in [6.07, 6.45) is 2.09. The van der Waals surface area contributed by atoms with Crippen molar-refractivity contribution < 1.29 is 23.8 Å². The molecule has 160 valence electrons. The van der Waals surface area contributed by atoms with Gasteiger partial charge in [0.25, 0.3) is 0 Å². The zero-order valence-electron chi connectivity index (χ0n) is 17.4. The molecule has 3 heterocycles. The Bertz CT molecular complexity index is 1220. The van der Waals surface area contributed by atoms with Gasteiger partial charge in [0.2, 0.25) is 0 Å². The molecule has 0 bridgehead atoms. The molecule has 32 heavy (non-hydrogen) atoms. The third-order valence-electron chi connectivity index (χ3n) is 5.32. The Morgan fingerprint density at radius 1 is 0.906 bits per heavy atom. The molecule has 2 aliphatic rings. The molecule has 0 atom stereocenters. The SMILES string of the molecule is CC1=NC2(Cn3c1ccc3-c1ccc(OCc3ccccc3)cc1)OC(=O)C=CC(=O)O2. The summed E-state index contributed by atoms with van der Waals surface area (Å²) in [5.41, 5.74) is 4.39. The fraction of sp³-hybridized carbons (Fsp3) is 0.160. The molecule has 0 saturated heterocycles. The molecule has 0 unspecified atom stereocenters. The van der Waals surface area contributed by atoms with E-state index in [2.05, 4.69) is 4.99 Å². The van der Waals surface area contributed by atoms with Gasteiger partial charge < -0.3 is 18.8 Å². The highest BCUT2D eigenvalue weighted by molar-refractivity contribution is 6.00. The predicted octanol–water partition coefficient (Wildman–Crippen LogP) is 3.87. The van der Waals surface area contributed by atoms with Crippen molar-refractivity contribution in [2.75, 3.05) is 0 Å². The van der Waals surface area contributed by atoms with Gasteiger partial charge in [0.15, 0.2) is 0 Å². The molecule has 1 spiro atoms. The molecule has 0 radical (unpaired) electrons. The van der Waals surface area contributed by atoms with Gasteiger partial charge in [-0.2, -0.15) is 0 Å². The summed E-state index contributed by atoms with van der Waals surface area (Å²) in [5, 5.41) is 0. The summed E-state index contributed by atoms with van der Waals surface area (Å²) >= 11 is 0. The number of esters is 2. The highest BCUT2D eigenvalue weighted by Crippen LogP contribution is 2.33. The van der Waals surface area contributed by atoms with E-state index in [-0.39, 0.29) is 6.54 Å². The number of ether oxygens (including phenoxy) is 3. The van der Waals surface area contributed by atoms with Crippen LogP contribution in [0.5, 0.6) is 5.75 Å². The first-order valence-electron chi connectivity index (χ1n) is 10.2. The van der Waals surface area contributed by atoms with Crippen LogP contribution in [0.15, 0.2) is 83.9 Å². The molecule has 0 fully saturated rings. The Kier molecular flexibility index (Phi) is 4.86. The van der Waals surface area contributed by atoms with Crippen LogP contribution >= 0.6 is 0 Å². The maximum atomic E-state index is 12.0. The van der Waals surface area contributed by atoms with Crippen LogP contribution in [0.1, 0.15) is 18.2 Å². The van der Waals surface area contributed by atoms with Gasteiger partial charge in [0, 0.05) is 17.8 Å². The third-order valence-corrected chi connectivity index (χ3v) is 5.32. The Morgan fingerprint density at radius 2 is 1.56 bits per heavy atom. The number of aliphatic imine (C=N–C) groups is 1. The zero-order valence-corrected chi connectivity index (χ0v) is 17.4. The summed E-state index contributed by atoms with van der Waals surface area (Å²) < 4.78 is 18.6. The number of hydrogen-bond donors (Lipinski definition) is 0. The average Bonchev–Trinajstić information content (AvgIpc) is 3.15. The van der Waals surface area contributed by atoms with Crippen LogP contribution in [0.3, 0.4) is 0 Å². The maximum absolute atomic E-state index is 12.0. The van der Waals surface area contributed by atoms with Gasteiger partial charge >= 0.3 is 17.8 Å². The molecule has 0 aliphatic carbocycles. The number of fused-ring (bicyclic) bond motifs is 1. The van der Waals surface area contributed by atoms with Crippen molar-refractivity contribution in [1.29, 1.82) is 0 Å². The van der Waals surface area contributed by atoms with Crippen LogP contribution < -0.4 is 4.74 Å².